The van der Waals surface area contributed by atoms with Gasteiger partial charge in [0.25, 0.3) is 0 Å². The summed E-state index contributed by atoms with van der Waals surface area (Å²) in [7, 11) is 0. The molecule has 2 rings (SSSR count). The van der Waals surface area contributed by atoms with Gasteiger partial charge in [-0.15, -0.1) is 0 Å². The van der Waals surface area contributed by atoms with Gasteiger partial charge in [0, 0.05) is 6.54 Å². The van der Waals surface area contributed by atoms with Crippen molar-refractivity contribution in [3.63, 3.8) is 0 Å². The van der Waals surface area contributed by atoms with Crippen LogP contribution in [0.4, 0.5) is 0 Å². The Kier molecular flexibility index (Phi) is 4.28. The van der Waals surface area contributed by atoms with Crippen molar-refractivity contribution in [1.82, 2.24) is 14.9 Å². The molecule has 1 saturated heterocycles. The predicted octanol–water partition coefficient (Wildman–Crippen LogP) is 1.21. The molecule has 0 saturated carbocycles. The Morgan fingerprint density at radius 1 is 1.24 bits per heavy atom. The average Bonchev–Trinajstić information content (AvgIpc) is 2.41. The second kappa shape index (κ2) is 6.16. The van der Waals surface area contributed by atoms with Crippen molar-refractivity contribution in [2.75, 3.05) is 26.2 Å². The van der Waals surface area contributed by atoms with Crippen LogP contribution >= 0.6 is 0 Å². The van der Waals surface area contributed by atoms with Crippen molar-refractivity contribution in [1.29, 1.82) is 5.26 Å². The van der Waals surface area contributed by atoms with Gasteiger partial charge in [-0.3, -0.25) is 4.90 Å². The Bertz CT molecular complexity index is 378. The molecule has 1 fully saturated rings. The van der Waals surface area contributed by atoms with Crippen LogP contribution in [0.5, 0.6) is 5.88 Å². The molecule has 0 spiro atoms. The number of nitriles is 1. The Hall–Kier alpha value is -1.67. The molecule has 0 aromatic carbocycles. The summed E-state index contributed by atoms with van der Waals surface area (Å²) in [6.07, 6.45) is 6.84. The molecule has 1 aliphatic rings. The van der Waals surface area contributed by atoms with Crippen LogP contribution in [0, 0.1) is 11.3 Å². The normalized spacial score (nSPS) is 16.4. The summed E-state index contributed by atoms with van der Waals surface area (Å²) >= 11 is 0. The number of nitrogens with zero attached hydrogens (tertiary/aromatic N) is 4. The molecule has 0 unspecified atom stereocenters. The second-order valence-electron chi connectivity index (χ2n) is 4.10. The van der Waals surface area contributed by atoms with E-state index in [9.17, 15) is 0 Å². The Balaban J connectivity index is 1.72. The maximum absolute atomic E-state index is 8.57. The lowest BCUT2D eigenvalue weighted by Gasteiger charge is -2.25. The summed E-state index contributed by atoms with van der Waals surface area (Å²) in [5.41, 5.74) is 0.313. The highest BCUT2D eigenvalue weighted by Crippen LogP contribution is 2.08. The van der Waals surface area contributed by atoms with E-state index in [0.717, 1.165) is 6.54 Å². The van der Waals surface area contributed by atoms with Crippen LogP contribution in [0.25, 0.3) is 0 Å². The highest BCUT2D eigenvalue weighted by atomic mass is 16.5. The van der Waals surface area contributed by atoms with Crippen LogP contribution in [0.1, 0.15) is 25.0 Å². The van der Waals surface area contributed by atoms with Crippen LogP contribution in [0.15, 0.2) is 12.4 Å². The fraction of sp³-hybridized carbons (Fsp3) is 0.583. The molecule has 0 radical (unpaired) electrons. The third-order valence-corrected chi connectivity index (χ3v) is 2.85. The van der Waals surface area contributed by atoms with Crippen molar-refractivity contribution in [3.05, 3.63) is 18.1 Å². The first kappa shape index (κ1) is 11.8. The summed E-state index contributed by atoms with van der Waals surface area (Å²) in [5.74, 6) is 0.487. The van der Waals surface area contributed by atoms with Gasteiger partial charge in [-0.05, 0) is 25.9 Å². The molecule has 0 atom stereocenters. The van der Waals surface area contributed by atoms with Crippen LogP contribution < -0.4 is 4.74 Å². The van der Waals surface area contributed by atoms with Crippen LogP contribution in [0.2, 0.25) is 0 Å². The summed E-state index contributed by atoms with van der Waals surface area (Å²) in [6.45, 7) is 3.90. The smallest absolute Gasteiger partial charge is 0.232 e. The van der Waals surface area contributed by atoms with E-state index in [1.165, 1.54) is 44.7 Å². The lowest BCUT2D eigenvalue weighted by Crippen LogP contribution is -2.33. The van der Waals surface area contributed by atoms with Gasteiger partial charge in [-0.2, -0.15) is 5.26 Å². The van der Waals surface area contributed by atoms with E-state index in [0.29, 0.717) is 18.2 Å². The molecule has 90 valence electrons. The van der Waals surface area contributed by atoms with E-state index in [2.05, 4.69) is 14.9 Å². The largest absolute Gasteiger partial charge is 0.475 e. The molecule has 1 aromatic heterocycles. The molecular weight excluding hydrogens is 216 g/mol. The third-order valence-electron chi connectivity index (χ3n) is 2.85. The molecule has 0 N–H and O–H groups in total. The van der Waals surface area contributed by atoms with E-state index in [1.807, 2.05) is 6.07 Å². The fourth-order valence-corrected chi connectivity index (χ4v) is 1.91. The molecule has 0 aliphatic carbocycles. The summed E-state index contributed by atoms with van der Waals surface area (Å²) in [6, 6.07) is 1.92. The van der Waals surface area contributed by atoms with Crippen LogP contribution in [-0.4, -0.2) is 41.1 Å². The van der Waals surface area contributed by atoms with Gasteiger partial charge in [0.1, 0.15) is 12.7 Å². The number of aromatic nitrogens is 2. The van der Waals surface area contributed by atoms with E-state index >= 15 is 0 Å². The molecule has 17 heavy (non-hydrogen) atoms. The van der Waals surface area contributed by atoms with E-state index < -0.39 is 0 Å². The first-order valence-corrected chi connectivity index (χ1v) is 5.96. The number of hydrogen-bond acceptors (Lipinski definition) is 5. The zero-order chi connectivity index (χ0) is 11.9. The maximum atomic E-state index is 8.57. The van der Waals surface area contributed by atoms with Crippen molar-refractivity contribution in [3.8, 4) is 11.9 Å². The quantitative estimate of drug-likeness (QED) is 0.781. The van der Waals surface area contributed by atoms with Gasteiger partial charge >= 0.3 is 0 Å². The zero-order valence-electron chi connectivity index (χ0n) is 9.80. The topological polar surface area (TPSA) is 62.0 Å². The lowest BCUT2D eigenvalue weighted by atomic mass is 10.1. The highest BCUT2D eigenvalue weighted by Gasteiger charge is 2.09. The fourth-order valence-electron chi connectivity index (χ4n) is 1.91. The van der Waals surface area contributed by atoms with Gasteiger partial charge in [0.2, 0.25) is 5.88 Å². The minimum atomic E-state index is 0.313. The lowest BCUT2D eigenvalue weighted by molar-refractivity contribution is 0.180. The second-order valence-corrected chi connectivity index (χ2v) is 4.10. The number of ether oxygens (including phenoxy) is 1. The zero-order valence-corrected chi connectivity index (χ0v) is 9.80. The number of hydrogen-bond donors (Lipinski definition) is 0. The first-order chi connectivity index (χ1) is 8.38. The van der Waals surface area contributed by atoms with E-state index in [4.69, 9.17) is 10.00 Å². The Morgan fingerprint density at radius 2 is 2.06 bits per heavy atom. The highest BCUT2D eigenvalue weighted by molar-refractivity contribution is 5.18. The van der Waals surface area contributed by atoms with Crippen molar-refractivity contribution in [2.24, 2.45) is 0 Å². The summed E-state index contributed by atoms with van der Waals surface area (Å²) in [4.78, 5) is 10.3. The van der Waals surface area contributed by atoms with Crippen molar-refractivity contribution in [2.45, 2.75) is 19.3 Å². The first-order valence-electron chi connectivity index (χ1n) is 5.96. The molecule has 0 bridgehead atoms. The van der Waals surface area contributed by atoms with Crippen LogP contribution in [-0.2, 0) is 0 Å². The van der Waals surface area contributed by atoms with Gasteiger partial charge in [0.15, 0.2) is 5.69 Å². The predicted molar refractivity (Wildman–Crippen MR) is 62.5 cm³/mol. The molecule has 2 heterocycles. The van der Waals surface area contributed by atoms with E-state index in [1.54, 1.807) is 0 Å². The van der Waals surface area contributed by atoms with Gasteiger partial charge in [-0.1, -0.05) is 6.42 Å². The Morgan fingerprint density at radius 3 is 2.71 bits per heavy atom. The van der Waals surface area contributed by atoms with Gasteiger partial charge in [0.05, 0.1) is 12.4 Å². The Labute approximate surface area is 101 Å². The minimum absolute atomic E-state index is 0.313. The number of likely N-dealkylation sites (tertiary alicyclic amines) is 1. The number of rotatable bonds is 4. The maximum Gasteiger partial charge on any atom is 0.232 e. The number of piperidine rings is 1. The molecular formula is C12H16N4O. The third kappa shape index (κ3) is 3.68. The van der Waals surface area contributed by atoms with Crippen molar-refractivity contribution >= 4 is 0 Å². The average molecular weight is 232 g/mol. The van der Waals surface area contributed by atoms with Crippen molar-refractivity contribution < 1.29 is 4.74 Å². The molecule has 5 nitrogen and oxygen atoms in total. The monoisotopic (exact) mass is 232 g/mol. The summed E-state index contributed by atoms with van der Waals surface area (Å²) in [5, 5.41) is 8.57. The van der Waals surface area contributed by atoms with Gasteiger partial charge < -0.3 is 4.74 Å². The SMILES string of the molecule is N#Cc1cnc(OCCN2CCCCC2)cn1. The minimum Gasteiger partial charge on any atom is -0.475 e. The molecule has 1 aliphatic heterocycles. The van der Waals surface area contributed by atoms with Crippen LogP contribution in [0.3, 0.4) is 0 Å². The molecule has 0 amide bonds. The van der Waals surface area contributed by atoms with E-state index in [-0.39, 0.29) is 0 Å². The summed E-state index contributed by atoms with van der Waals surface area (Å²) < 4.78 is 5.48. The standard InChI is InChI=1S/C12H16N4O/c13-8-11-9-15-12(10-14-11)17-7-6-16-4-2-1-3-5-16/h9-10H,1-7H2. The molecule has 1 aromatic rings. The van der Waals surface area contributed by atoms with Gasteiger partial charge in [-0.25, -0.2) is 9.97 Å². The molecule has 5 heteroatoms.